The Morgan fingerprint density at radius 3 is 2.33 bits per heavy atom. The molecule has 0 aliphatic rings. The van der Waals surface area contributed by atoms with Crippen LogP contribution in [-0.2, 0) is 14.3 Å². The Morgan fingerprint density at radius 2 is 1.89 bits per heavy atom. The summed E-state index contributed by atoms with van der Waals surface area (Å²) < 4.78 is 4.93. The quantitative estimate of drug-likeness (QED) is 0.453. The topological polar surface area (TPSA) is 55.7 Å². The van der Waals surface area contributed by atoms with E-state index in [1.165, 1.54) is 6.92 Å². The molecule has 0 saturated heterocycles. The second kappa shape index (κ2) is 6.69. The molecule has 0 radical (unpaired) electrons. The summed E-state index contributed by atoms with van der Waals surface area (Å²) in [5, 5.41) is 0. The van der Waals surface area contributed by atoms with Gasteiger partial charge in [0.25, 0.3) is 0 Å². The number of benzene rings is 1. The van der Waals surface area contributed by atoms with E-state index in [0.29, 0.717) is 5.71 Å². The van der Waals surface area contributed by atoms with Crippen molar-refractivity contribution in [1.82, 2.24) is 0 Å². The van der Waals surface area contributed by atoms with Gasteiger partial charge in [0, 0.05) is 7.05 Å². The summed E-state index contributed by atoms with van der Waals surface area (Å²) in [6.07, 6.45) is 0. The molecule has 4 nitrogen and oxygen atoms in total. The number of hydrogen-bond acceptors (Lipinski definition) is 4. The van der Waals surface area contributed by atoms with Crippen molar-refractivity contribution in [3.8, 4) is 0 Å². The van der Waals surface area contributed by atoms with Crippen LogP contribution in [0.3, 0.4) is 0 Å². The molecule has 0 N–H and O–H groups in total. The van der Waals surface area contributed by atoms with Gasteiger partial charge in [0.2, 0.25) is 0 Å². The largest absolute Gasteiger partial charge is 0.465 e. The molecule has 0 aliphatic heterocycles. The predicted octanol–water partition coefficient (Wildman–Crippen LogP) is 1.87. The molecule has 4 heteroatoms. The van der Waals surface area contributed by atoms with Gasteiger partial charge in [-0.2, -0.15) is 0 Å². The minimum atomic E-state index is -0.947. The van der Waals surface area contributed by atoms with Crippen LogP contribution in [0.4, 0.5) is 0 Å². The Bertz CT molecular complexity index is 451. The van der Waals surface area contributed by atoms with Crippen LogP contribution in [0.5, 0.6) is 0 Å². The summed E-state index contributed by atoms with van der Waals surface area (Å²) >= 11 is 0. The summed E-state index contributed by atoms with van der Waals surface area (Å²) in [7, 11) is 1.57. The molecule has 0 saturated carbocycles. The zero-order valence-electron chi connectivity index (χ0n) is 10.8. The number of rotatable bonds is 5. The number of nitrogens with zero attached hydrogens (tertiary/aromatic N) is 1. The minimum absolute atomic E-state index is 0.244. The molecule has 0 amide bonds. The molecule has 0 fully saturated rings. The Hall–Kier alpha value is -1.97. The third kappa shape index (κ3) is 3.26. The Morgan fingerprint density at radius 1 is 1.28 bits per heavy atom. The van der Waals surface area contributed by atoms with Gasteiger partial charge in [0.05, 0.1) is 12.3 Å². The highest BCUT2D eigenvalue weighted by molar-refractivity contribution is 6.24. The lowest BCUT2D eigenvalue weighted by Gasteiger charge is -2.15. The highest BCUT2D eigenvalue weighted by Crippen LogP contribution is 2.13. The standard InChI is InChI=1S/C14H17NO3/c1-4-18-14(17)12(10(2)16)13(15-3)11-8-6-5-7-9-11/h5-9,12H,4H2,1-3H3. The first-order chi connectivity index (χ1) is 8.61. The highest BCUT2D eigenvalue weighted by atomic mass is 16.5. The number of esters is 1. The summed E-state index contributed by atoms with van der Waals surface area (Å²) in [6.45, 7) is 3.32. The van der Waals surface area contributed by atoms with E-state index in [0.717, 1.165) is 5.56 Å². The van der Waals surface area contributed by atoms with Crippen molar-refractivity contribution in [3.63, 3.8) is 0 Å². The molecule has 0 heterocycles. The molecule has 96 valence electrons. The van der Waals surface area contributed by atoms with Crippen LogP contribution >= 0.6 is 0 Å². The van der Waals surface area contributed by atoms with Crippen molar-refractivity contribution in [2.75, 3.05) is 13.7 Å². The maximum Gasteiger partial charge on any atom is 0.322 e. The third-order valence-corrected chi connectivity index (χ3v) is 2.51. The van der Waals surface area contributed by atoms with Gasteiger partial charge >= 0.3 is 5.97 Å². The SMILES string of the molecule is CCOC(=O)C(C(C)=O)C(=NC)c1ccccc1. The van der Waals surface area contributed by atoms with Gasteiger partial charge in [0.1, 0.15) is 5.78 Å². The summed E-state index contributed by atoms with van der Waals surface area (Å²) in [6, 6.07) is 9.17. The van der Waals surface area contributed by atoms with Crippen molar-refractivity contribution >= 4 is 17.5 Å². The molecule has 1 aromatic rings. The molecule has 1 unspecified atom stereocenters. The second-order valence-electron chi connectivity index (χ2n) is 3.77. The molecule has 0 aliphatic carbocycles. The fraction of sp³-hybridized carbons (Fsp3) is 0.357. The van der Waals surface area contributed by atoms with Crippen LogP contribution < -0.4 is 0 Å². The maximum atomic E-state index is 11.8. The van der Waals surface area contributed by atoms with Crippen LogP contribution in [0.15, 0.2) is 35.3 Å². The molecule has 0 aromatic heterocycles. The number of aliphatic imine (C=N–C) groups is 1. The molecule has 0 bridgehead atoms. The van der Waals surface area contributed by atoms with E-state index in [2.05, 4.69) is 4.99 Å². The van der Waals surface area contributed by atoms with Crippen LogP contribution in [0.1, 0.15) is 19.4 Å². The highest BCUT2D eigenvalue weighted by Gasteiger charge is 2.30. The van der Waals surface area contributed by atoms with Crippen molar-refractivity contribution in [2.24, 2.45) is 10.9 Å². The smallest absolute Gasteiger partial charge is 0.322 e. The van der Waals surface area contributed by atoms with Crippen molar-refractivity contribution in [2.45, 2.75) is 13.8 Å². The second-order valence-corrected chi connectivity index (χ2v) is 3.77. The van der Waals surface area contributed by atoms with E-state index >= 15 is 0 Å². The van der Waals surface area contributed by atoms with Crippen molar-refractivity contribution in [3.05, 3.63) is 35.9 Å². The normalized spacial score (nSPS) is 12.9. The lowest BCUT2D eigenvalue weighted by molar-refractivity contribution is -0.148. The first-order valence-corrected chi connectivity index (χ1v) is 5.81. The first kappa shape index (κ1) is 14.1. The number of Topliss-reactive ketones (excluding diaryl/α,β-unsaturated/α-hetero) is 1. The molecule has 0 spiro atoms. The van der Waals surface area contributed by atoms with Gasteiger partial charge in [-0.3, -0.25) is 14.6 Å². The number of carbonyl (C=O) groups is 2. The van der Waals surface area contributed by atoms with Gasteiger partial charge in [-0.25, -0.2) is 0 Å². The Balaban J connectivity index is 3.12. The van der Waals surface area contributed by atoms with Crippen molar-refractivity contribution < 1.29 is 14.3 Å². The van der Waals surface area contributed by atoms with E-state index in [9.17, 15) is 9.59 Å². The van der Waals surface area contributed by atoms with E-state index in [4.69, 9.17) is 4.74 Å². The van der Waals surface area contributed by atoms with Gasteiger partial charge in [-0.15, -0.1) is 0 Å². The van der Waals surface area contributed by atoms with Gasteiger partial charge in [0.15, 0.2) is 5.92 Å². The predicted molar refractivity (Wildman–Crippen MR) is 69.7 cm³/mol. The van der Waals surface area contributed by atoms with Gasteiger partial charge < -0.3 is 4.74 Å². The van der Waals surface area contributed by atoms with Gasteiger partial charge in [-0.05, 0) is 19.4 Å². The Labute approximate surface area is 107 Å². The molecule has 1 aromatic carbocycles. The fourth-order valence-corrected chi connectivity index (χ4v) is 1.73. The zero-order chi connectivity index (χ0) is 13.5. The maximum absolute atomic E-state index is 11.8. The molecule has 1 atom stereocenters. The molecule has 1 rings (SSSR count). The summed E-state index contributed by atoms with van der Waals surface area (Å²) in [5.74, 6) is -1.76. The molecular weight excluding hydrogens is 230 g/mol. The lowest BCUT2D eigenvalue weighted by atomic mass is 9.93. The Kier molecular flexibility index (Phi) is 5.24. The molecule has 18 heavy (non-hydrogen) atoms. The van der Waals surface area contributed by atoms with E-state index in [1.54, 1.807) is 14.0 Å². The van der Waals surface area contributed by atoms with Crippen LogP contribution in [0, 0.1) is 5.92 Å². The minimum Gasteiger partial charge on any atom is -0.465 e. The number of hydrogen-bond donors (Lipinski definition) is 0. The monoisotopic (exact) mass is 247 g/mol. The number of ether oxygens (including phenoxy) is 1. The van der Waals surface area contributed by atoms with Gasteiger partial charge in [-0.1, -0.05) is 30.3 Å². The average Bonchev–Trinajstić information content (AvgIpc) is 2.36. The summed E-state index contributed by atoms with van der Waals surface area (Å²) in [4.78, 5) is 27.6. The van der Waals surface area contributed by atoms with Crippen molar-refractivity contribution in [1.29, 1.82) is 0 Å². The fourth-order valence-electron chi connectivity index (χ4n) is 1.73. The van der Waals surface area contributed by atoms with Crippen LogP contribution in [0.25, 0.3) is 0 Å². The third-order valence-electron chi connectivity index (χ3n) is 2.51. The zero-order valence-corrected chi connectivity index (χ0v) is 10.8. The summed E-state index contributed by atoms with van der Waals surface area (Å²) in [5.41, 5.74) is 1.20. The van der Waals surface area contributed by atoms with Crippen LogP contribution in [0.2, 0.25) is 0 Å². The van der Waals surface area contributed by atoms with E-state index < -0.39 is 11.9 Å². The average molecular weight is 247 g/mol. The van der Waals surface area contributed by atoms with Crippen LogP contribution in [-0.4, -0.2) is 31.1 Å². The first-order valence-electron chi connectivity index (χ1n) is 5.81. The van der Waals surface area contributed by atoms with E-state index in [1.807, 2.05) is 30.3 Å². The lowest BCUT2D eigenvalue weighted by Crippen LogP contribution is -2.32. The number of carbonyl (C=O) groups excluding carboxylic acids is 2. The molecular formula is C14H17NO3. The number of ketones is 1. The van der Waals surface area contributed by atoms with E-state index in [-0.39, 0.29) is 12.4 Å².